The Morgan fingerprint density at radius 3 is 2.76 bits per heavy atom. The van der Waals surface area contributed by atoms with Crippen molar-refractivity contribution < 1.29 is 4.42 Å². The van der Waals surface area contributed by atoms with Gasteiger partial charge in [-0.3, -0.25) is 0 Å². The van der Waals surface area contributed by atoms with Gasteiger partial charge in [-0.05, 0) is 36.8 Å². The molecule has 84 valence electrons. The average molecular weight is 288 g/mol. The number of nitrogens with zero attached hydrogens (tertiary/aromatic N) is 1. The first-order valence-electron chi connectivity index (χ1n) is 5.36. The number of benzene rings is 2. The molecule has 0 atom stereocenters. The van der Waals surface area contributed by atoms with Gasteiger partial charge in [-0.25, -0.2) is 4.98 Å². The molecule has 17 heavy (non-hydrogen) atoms. The van der Waals surface area contributed by atoms with E-state index in [1.807, 2.05) is 36.4 Å². The molecule has 3 rings (SSSR count). The van der Waals surface area contributed by atoms with E-state index in [1.54, 1.807) is 0 Å². The summed E-state index contributed by atoms with van der Waals surface area (Å²) in [4.78, 5) is 4.50. The van der Waals surface area contributed by atoms with Gasteiger partial charge in [0.25, 0.3) is 0 Å². The Balaban J connectivity index is 2.22. The highest BCUT2D eigenvalue weighted by molar-refractivity contribution is 9.10. The van der Waals surface area contributed by atoms with Crippen LogP contribution in [0.4, 0.5) is 0 Å². The molecule has 0 unspecified atom stereocenters. The van der Waals surface area contributed by atoms with Gasteiger partial charge in [-0.15, -0.1) is 0 Å². The van der Waals surface area contributed by atoms with Crippen molar-refractivity contribution in [2.75, 3.05) is 0 Å². The van der Waals surface area contributed by atoms with Crippen molar-refractivity contribution in [3.63, 3.8) is 0 Å². The van der Waals surface area contributed by atoms with E-state index in [0.29, 0.717) is 5.89 Å². The number of oxazole rings is 1. The van der Waals surface area contributed by atoms with Crippen molar-refractivity contribution in [3.05, 3.63) is 52.5 Å². The maximum absolute atomic E-state index is 5.77. The highest BCUT2D eigenvalue weighted by Gasteiger charge is 2.09. The number of halogens is 1. The molecule has 2 aromatic carbocycles. The van der Waals surface area contributed by atoms with E-state index < -0.39 is 0 Å². The maximum Gasteiger partial charge on any atom is 0.227 e. The summed E-state index contributed by atoms with van der Waals surface area (Å²) in [6.07, 6.45) is 0. The Kier molecular flexibility index (Phi) is 2.48. The predicted octanol–water partition coefficient (Wildman–Crippen LogP) is 4.57. The highest BCUT2D eigenvalue weighted by Crippen LogP contribution is 2.28. The monoisotopic (exact) mass is 287 g/mol. The minimum atomic E-state index is 0.677. The average Bonchev–Trinajstić information content (AvgIpc) is 2.72. The van der Waals surface area contributed by atoms with Gasteiger partial charge in [0.15, 0.2) is 5.58 Å². The van der Waals surface area contributed by atoms with E-state index in [1.165, 1.54) is 0 Å². The van der Waals surface area contributed by atoms with Crippen LogP contribution in [-0.2, 0) is 0 Å². The molecule has 0 aliphatic rings. The van der Waals surface area contributed by atoms with Gasteiger partial charge in [0.1, 0.15) is 5.52 Å². The third kappa shape index (κ3) is 1.87. The van der Waals surface area contributed by atoms with Crippen LogP contribution in [0.5, 0.6) is 0 Å². The normalized spacial score (nSPS) is 10.9. The van der Waals surface area contributed by atoms with E-state index in [0.717, 1.165) is 26.7 Å². The number of fused-ring (bicyclic) bond motifs is 1. The zero-order valence-corrected chi connectivity index (χ0v) is 10.9. The van der Waals surface area contributed by atoms with Crippen molar-refractivity contribution in [3.8, 4) is 11.5 Å². The SMILES string of the molecule is Cc1ccccc1-c1nc2ccc(Br)cc2o1. The molecule has 0 saturated heterocycles. The summed E-state index contributed by atoms with van der Waals surface area (Å²) in [5, 5.41) is 0. The molecule has 3 aromatic rings. The molecule has 0 radical (unpaired) electrons. The third-order valence-corrected chi connectivity index (χ3v) is 3.22. The fraction of sp³-hybridized carbons (Fsp3) is 0.0714. The van der Waals surface area contributed by atoms with Crippen LogP contribution < -0.4 is 0 Å². The van der Waals surface area contributed by atoms with Gasteiger partial charge in [0, 0.05) is 10.0 Å². The standard InChI is InChI=1S/C14H10BrNO/c1-9-4-2-3-5-11(9)14-16-12-7-6-10(15)8-13(12)17-14/h2-8H,1H3. The van der Waals surface area contributed by atoms with Crippen molar-refractivity contribution in [2.24, 2.45) is 0 Å². The van der Waals surface area contributed by atoms with Crippen LogP contribution in [0.2, 0.25) is 0 Å². The molecule has 0 amide bonds. The summed E-state index contributed by atoms with van der Waals surface area (Å²) >= 11 is 3.42. The lowest BCUT2D eigenvalue weighted by Gasteiger charge is -1.98. The summed E-state index contributed by atoms with van der Waals surface area (Å²) in [7, 11) is 0. The molecule has 3 heteroatoms. The van der Waals surface area contributed by atoms with Gasteiger partial charge in [-0.2, -0.15) is 0 Å². The molecule has 0 aliphatic heterocycles. The minimum Gasteiger partial charge on any atom is -0.436 e. The lowest BCUT2D eigenvalue weighted by Crippen LogP contribution is -1.81. The van der Waals surface area contributed by atoms with E-state index in [2.05, 4.69) is 33.9 Å². The summed E-state index contributed by atoms with van der Waals surface area (Å²) in [5.41, 5.74) is 3.89. The fourth-order valence-electron chi connectivity index (χ4n) is 1.83. The Bertz CT molecular complexity index is 688. The summed E-state index contributed by atoms with van der Waals surface area (Å²) in [6, 6.07) is 13.9. The Morgan fingerprint density at radius 1 is 1.12 bits per heavy atom. The Labute approximate surface area is 107 Å². The van der Waals surface area contributed by atoms with Crippen LogP contribution in [0.25, 0.3) is 22.6 Å². The molecule has 1 aromatic heterocycles. The van der Waals surface area contributed by atoms with E-state index in [4.69, 9.17) is 4.42 Å². The summed E-state index contributed by atoms with van der Waals surface area (Å²) < 4.78 is 6.77. The van der Waals surface area contributed by atoms with E-state index >= 15 is 0 Å². The van der Waals surface area contributed by atoms with Crippen molar-refractivity contribution >= 4 is 27.0 Å². The number of hydrogen-bond acceptors (Lipinski definition) is 2. The molecular formula is C14H10BrNO. The lowest BCUT2D eigenvalue weighted by molar-refractivity contribution is 0.619. The van der Waals surface area contributed by atoms with Gasteiger partial charge in [0.05, 0.1) is 0 Å². The van der Waals surface area contributed by atoms with Crippen molar-refractivity contribution in [2.45, 2.75) is 6.92 Å². The second kappa shape index (κ2) is 4.00. The molecule has 0 spiro atoms. The molecular weight excluding hydrogens is 278 g/mol. The van der Waals surface area contributed by atoms with Crippen molar-refractivity contribution in [1.82, 2.24) is 4.98 Å². The zero-order chi connectivity index (χ0) is 11.8. The molecule has 1 heterocycles. The predicted molar refractivity (Wildman–Crippen MR) is 71.9 cm³/mol. The lowest BCUT2D eigenvalue weighted by atomic mass is 10.1. The van der Waals surface area contributed by atoms with Crippen LogP contribution in [0.15, 0.2) is 51.4 Å². The first kappa shape index (κ1) is 10.5. The summed E-state index contributed by atoms with van der Waals surface area (Å²) in [6.45, 7) is 2.06. The largest absolute Gasteiger partial charge is 0.436 e. The van der Waals surface area contributed by atoms with Crippen LogP contribution in [0.1, 0.15) is 5.56 Å². The number of rotatable bonds is 1. The third-order valence-electron chi connectivity index (χ3n) is 2.73. The smallest absolute Gasteiger partial charge is 0.227 e. The quantitative estimate of drug-likeness (QED) is 0.655. The molecule has 0 fully saturated rings. The van der Waals surface area contributed by atoms with Crippen LogP contribution >= 0.6 is 15.9 Å². The Hall–Kier alpha value is -1.61. The maximum atomic E-state index is 5.77. The molecule has 0 N–H and O–H groups in total. The highest BCUT2D eigenvalue weighted by atomic mass is 79.9. The second-order valence-corrected chi connectivity index (χ2v) is 4.86. The number of aryl methyl sites for hydroxylation is 1. The molecule has 2 nitrogen and oxygen atoms in total. The van der Waals surface area contributed by atoms with Crippen LogP contribution in [-0.4, -0.2) is 4.98 Å². The van der Waals surface area contributed by atoms with Gasteiger partial charge >= 0.3 is 0 Å². The van der Waals surface area contributed by atoms with Crippen LogP contribution in [0.3, 0.4) is 0 Å². The molecule has 0 saturated carbocycles. The van der Waals surface area contributed by atoms with Crippen molar-refractivity contribution in [1.29, 1.82) is 0 Å². The zero-order valence-electron chi connectivity index (χ0n) is 9.27. The van der Waals surface area contributed by atoms with E-state index in [9.17, 15) is 0 Å². The first-order chi connectivity index (χ1) is 8.24. The summed E-state index contributed by atoms with van der Waals surface area (Å²) in [5.74, 6) is 0.677. The fourth-order valence-corrected chi connectivity index (χ4v) is 2.17. The van der Waals surface area contributed by atoms with Gasteiger partial charge < -0.3 is 4.42 Å². The number of hydrogen-bond donors (Lipinski definition) is 0. The minimum absolute atomic E-state index is 0.677. The molecule has 0 aliphatic carbocycles. The Morgan fingerprint density at radius 2 is 1.94 bits per heavy atom. The topological polar surface area (TPSA) is 26.0 Å². The molecule has 0 bridgehead atoms. The first-order valence-corrected chi connectivity index (χ1v) is 6.15. The number of aromatic nitrogens is 1. The second-order valence-electron chi connectivity index (χ2n) is 3.95. The van der Waals surface area contributed by atoms with Crippen LogP contribution in [0, 0.1) is 6.92 Å². The van der Waals surface area contributed by atoms with Gasteiger partial charge in [0.2, 0.25) is 5.89 Å². The van der Waals surface area contributed by atoms with Gasteiger partial charge in [-0.1, -0.05) is 34.1 Å². The van der Waals surface area contributed by atoms with E-state index in [-0.39, 0.29) is 0 Å².